The minimum atomic E-state index is -1.30. The van der Waals surface area contributed by atoms with Gasteiger partial charge in [0.1, 0.15) is 4.33 Å². The molecule has 1 aliphatic rings. The van der Waals surface area contributed by atoms with Gasteiger partial charge in [0.05, 0.1) is 16.6 Å². The number of hydrogen-bond donors (Lipinski definition) is 2. The van der Waals surface area contributed by atoms with Crippen LogP contribution in [0, 0.1) is 12.8 Å². The van der Waals surface area contributed by atoms with E-state index in [1.54, 1.807) is 48.5 Å². The fourth-order valence-corrected chi connectivity index (χ4v) is 5.18. The average molecular weight is 543 g/mol. The van der Waals surface area contributed by atoms with Gasteiger partial charge < -0.3 is 10.6 Å². The van der Waals surface area contributed by atoms with Crippen LogP contribution in [0.2, 0.25) is 15.1 Å². The van der Waals surface area contributed by atoms with Crippen molar-refractivity contribution in [2.45, 2.75) is 17.2 Å². The molecule has 0 heterocycles. The number of anilines is 2. The van der Waals surface area contributed by atoms with E-state index in [4.69, 9.17) is 58.0 Å². The molecule has 2 N–H and O–H groups in total. The lowest BCUT2D eigenvalue weighted by atomic mass is 10.1. The summed E-state index contributed by atoms with van der Waals surface area (Å²) in [5.41, 5.74) is 3.00. The molecule has 9 heteroatoms. The standard InChI is InChI=1S/C24H17Cl5N2O2/c1-12-2-4-13(5-3-12)22(32)31-19-11-17(6-7-18(19)27)30-23(33)21-20(24(21,28)29)14-8-15(25)10-16(26)9-14/h2-11,20-21H,1H3,(H,30,33)(H,31,32)/t20-,21+/m0/s1. The van der Waals surface area contributed by atoms with Gasteiger partial charge in [0.15, 0.2) is 0 Å². The number of alkyl halides is 2. The van der Waals surface area contributed by atoms with Crippen molar-refractivity contribution in [2.24, 2.45) is 5.92 Å². The third kappa shape index (κ3) is 5.26. The van der Waals surface area contributed by atoms with Crippen LogP contribution in [0.25, 0.3) is 0 Å². The Balaban J connectivity index is 1.49. The van der Waals surface area contributed by atoms with Crippen molar-refractivity contribution in [3.8, 4) is 0 Å². The van der Waals surface area contributed by atoms with E-state index < -0.39 is 16.2 Å². The minimum Gasteiger partial charge on any atom is -0.326 e. The van der Waals surface area contributed by atoms with Gasteiger partial charge in [0.25, 0.3) is 5.91 Å². The largest absolute Gasteiger partial charge is 0.326 e. The number of carbonyl (C=O) groups is 2. The SMILES string of the molecule is Cc1ccc(C(=O)Nc2cc(NC(=O)[C@H]3[C@H](c4cc(Cl)cc(Cl)c4)C3(Cl)Cl)ccc2Cl)cc1. The lowest BCUT2D eigenvalue weighted by Gasteiger charge is -2.11. The zero-order valence-corrected chi connectivity index (χ0v) is 20.9. The van der Waals surface area contributed by atoms with Crippen LogP contribution in [-0.4, -0.2) is 16.1 Å². The molecule has 4 nitrogen and oxygen atoms in total. The summed E-state index contributed by atoms with van der Waals surface area (Å²) in [6.45, 7) is 1.94. The third-order valence-electron chi connectivity index (χ3n) is 5.38. The van der Waals surface area contributed by atoms with Gasteiger partial charge in [-0.05, 0) is 61.0 Å². The first-order valence-electron chi connectivity index (χ1n) is 9.88. The van der Waals surface area contributed by atoms with E-state index in [2.05, 4.69) is 10.6 Å². The van der Waals surface area contributed by atoms with E-state index in [1.807, 2.05) is 19.1 Å². The van der Waals surface area contributed by atoms with Gasteiger partial charge >= 0.3 is 0 Å². The molecule has 1 aliphatic carbocycles. The lowest BCUT2D eigenvalue weighted by molar-refractivity contribution is -0.117. The number of nitrogens with one attached hydrogen (secondary N) is 2. The Morgan fingerprint density at radius 3 is 2.12 bits per heavy atom. The van der Waals surface area contributed by atoms with Gasteiger partial charge in [0.2, 0.25) is 5.91 Å². The molecular weight excluding hydrogens is 526 g/mol. The van der Waals surface area contributed by atoms with Crippen molar-refractivity contribution < 1.29 is 9.59 Å². The predicted molar refractivity (Wildman–Crippen MR) is 136 cm³/mol. The second-order valence-corrected chi connectivity index (χ2v) is 10.6. The monoisotopic (exact) mass is 540 g/mol. The van der Waals surface area contributed by atoms with Crippen molar-refractivity contribution in [2.75, 3.05) is 10.6 Å². The van der Waals surface area contributed by atoms with Crippen molar-refractivity contribution >= 4 is 81.2 Å². The molecule has 1 saturated carbocycles. The van der Waals surface area contributed by atoms with Crippen LogP contribution in [0.3, 0.4) is 0 Å². The average Bonchev–Trinajstić information content (AvgIpc) is 3.32. The van der Waals surface area contributed by atoms with Crippen molar-refractivity contribution in [3.05, 3.63) is 92.4 Å². The predicted octanol–water partition coefficient (Wildman–Crippen LogP) is 7.73. The second-order valence-electron chi connectivity index (χ2n) is 7.84. The van der Waals surface area contributed by atoms with E-state index in [0.717, 1.165) is 5.56 Å². The summed E-state index contributed by atoms with van der Waals surface area (Å²) in [7, 11) is 0. The summed E-state index contributed by atoms with van der Waals surface area (Å²) in [6, 6.07) is 16.9. The Morgan fingerprint density at radius 2 is 1.48 bits per heavy atom. The van der Waals surface area contributed by atoms with Gasteiger partial charge in [-0.2, -0.15) is 0 Å². The van der Waals surface area contributed by atoms with E-state index in [9.17, 15) is 9.59 Å². The second kappa shape index (κ2) is 9.36. The Labute approximate surface area is 216 Å². The van der Waals surface area contributed by atoms with Gasteiger partial charge in [-0.3, -0.25) is 9.59 Å². The molecule has 3 aromatic carbocycles. The highest BCUT2D eigenvalue weighted by atomic mass is 35.5. The fourth-order valence-electron chi connectivity index (χ4n) is 3.64. The van der Waals surface area contributed by atoms with Crippen molar-refractivity contribution in [1.29, 1.82) is 0 Å². The Bertz CT molecular complexity index is 1220. The molecule has 0 saturated heterocycles. The smallest absolute Gasteiger partial charge is 0.255 e. The van der Waals surface area contributed by atoms with Crippen molar-refractivity contribution in [3.63, 3.8) is 0 Å². The maximum absolute atomic E-state index is 12.9. The summed E-state index contributed by atoms with van der Waals surface area (Å²) in [5.74, 6) is -1.87. The highest BCUT2D eigenvalue weighted by molar-refractivity contribution is 6.53. The van der Waals surface area contributed by atoms with Crippen LogP contribution in [0.5, 0.6) is 0 Å². The molecule has 0 unspecified atom stereocenters. The van der Waals surface area contributed by atoms with Crippen LogP contribution >= 0.6 is 58.0 Å². The molecule has 0 radical (unpaired) electrons. The van der Waals surface area contributed by atoms with Crippen LogP contribution in [0.1, 0.15) is 27.4 Å². The first-order chi connectivity index (χ1) is 15.6. The highest BCUT2D eigenvalue weighted by Gasteiger charge is 2.67. The maximum Gasteiger partial charge on any atom is 0.255 e. The number of carbonyl (C=O) groups excluding carboxylic acids is 2. The third-order valence-corrected chi connectivity index (χ3v) is 7.08. The summed E-state index contributed by atoms with van der Waals surface area (Å²) in [5, 5.41) is 6.75. The maximum atomic E-state index is 12.9. The summed E-state index contributed by atoms with van der Waals surface area (Å²) in [4.78, 5) is 25.5. The van der Waals surface area contributed by atoms with Crippen molar-refractivity contribution in [1.82, 2.24) is 0 Å². The first kappa shape index (κ1) is 24.2. The molecule has 0 spiro atoms. The van der Waals surface area contributed by atoms with Gasteiger partial charge in [0, 0.05) is 27.2 Å². The number of aryl methyl sites for hydroxylation is 1. The number of rotatable bonds is 5. The van der Waals surface area contributed by atoms with Crippen LogP contribution in [-0.2, 0) is 4.79 Å². The molecule has 1 fully saturated rings. The molecular formula is C24H17Cl5N2O2. The number of benzene rings is 3. The molecule has 0 aliphatic heterocycles. The van der Waals surface area contributed by atoms with Gasteiger partial charge in [-0.1, -0.05) is 52.5 Å². The minimum absolute atomic E-state index is 0.319. The lowest BCUT2D eigenvalue weighted by Crippen LogP contribution is -2.17. The summed E-state index contributed by atoms with van der Waals surface area (Å²) in [6.07, 6.45) is 0. The van der Waals surface area contributed by atoms with E-state index in [-0.39, 0.29) is 11.8 Å². The molecule has 33 heavy (non-hydrogen) atoms. The van der Waals surface area contributed by atoms with Gasteiger partial charge in [-0.25, -0.2) is 0 Å². The first-order valence-corrected chi connectivity index (χ1v) is 11.8. The zero-order valence-electron chi connectivity index (χ0n) is 17.1. The zero-order chi connectivity index (χ0) is 23.9. The molecule has 0 aromatic heterocycles. The molecule has 170 valence electrons. The molecule has 3 aromatic rings. The Morgan fingerprint density at radius 1 is 0.848 bits per heavy atom. The Kier molecular flexibility index (Phi) is 6.86. The molecule has 2 atom stereocenters. The van der Waals surface area contributed by atoms with E-state index >= 15 is 0 Å². The van der Waals surface area contributed by atoms with Crippen LogP contribution in [0.4, 0.5) is 11.4 Å². The van der Waals surface area contributed by atoms with Crippen LogP contribution < -0.4 is 10.6 Å². The quantitative estimate of drug-likeness (QED) is 0.324. The summed E-state index contributed by atoms with van der Waals surface area (Å²) < 4.78 is -1.30. The van der Waals surface area contributed by atoms with Gasteiger partial charge in [-0.15, -0.1) is 23.2 Å². The molecule has 2 amide bonds. The highest BCUT2D eigenvalue weighted by Crippen LogP contribution is 2.65. The molecule has 4 rings (SSSR count). The Hall–Kier alpha value is -1.95. The topological polar surface area (TPSA) is 58.2 Å². The number of amides is 2. The van der Waals surface area contributed by atoms with E-state index in [0.29, 0.717) is 37.6 Å². The normalized spacial score (nSPS) is 18.5. The fraction of sp³-hybridized carbons (Fsp3) is 0.167. The van der Waals surface area contributed by atoms with E-state index in [1.165, 1.54) is 0 Å². The number of hydrogen-bond acceptors (Lipinski definition) is 2. The molecule has 0 bridgehead atoms. The summed E-state index contributed by atoms with van der Waals surface area (Å²) >= 11 is 31.2. The number of halogens is 5. The van der Waals surface area contributed by atoms with Crippen LogP contribution in [0.15, 0.2) is 60.7 Å².